The van der Waals surface area contributed by atoms with Crippen LogP contribution < -0.4 is 10.6 Å². The number of amides is 1. The molecule has 1 aliphatic heterocycles. The lowest BCUT2D eigenvalue weighted by Gasteiger charge is -2.17. The summed E-state index contributed by atoms with van der Waals surface area (Å²) in [7, 11) is -1.86. The second kappa shape index (κ2) is 14.7. The number of aryl methyl sites for hydroxylation is 1. The molecule has 0 atom stereocenters. The van der Waals surface area contributed by atoms with Crippen LogP contribution in [0.4, 0.5) is 17.6 Å². The van der Waals surface area contributed by atoms with Gasteiger partial charge in [-0.3, -0.25) is 9.79 Å². The van der Waals surface area contributed by atoms with E-state index >= 15 is 0 Å². The second-order valence-electron chi connectivity index (χ2n) is 8.99. The van der Waals surface area contributed by atoms with Crippen LogP contribution in [0, 0.1) is 12.7 Å². The number of sulfone groups is 1. The number of carboxylic acid groups (broad SMARTS) is 1. The highest BCUT2D eigenvalue weighted by atomic mass is 32.2. The van der Waals surface area contributed by atoms with Crippen molar-refractivity contribution in [2.45, 2.75) is 37.3 Å². The predicted octanol–water partition coefficient (Wildman–Crippen LogP) is 2.92. The van der Waals surface area contributed by atoms with Crippen molar-refractivity contribution in [1.82, 2.24) is 15.5 Å². The number of nitrogens with zero attached hydrogens (tertiary/aromatic N) is 2. The molecule has 0 aliphatic carbocycles. The summed E-state index contributed by atoms with van der Waals surface area (Å²) in [5.74, 6) is -2.68. The lowest BCUT2D eigenvalue weighted by Crippen LogP contribution is -2.30. The van der Waals surface area contributed by atoms with Crippen molar-refractivity contribution in [1.29, 1.82) is 0 Å². The average molecular weight is 589 g/mol. The number of nitrogens with one attached hydrogen (secondary N) is 2. The zero-order valence-corrected chi connectivity index (χ0v) is 22.9. The molecule has 14 heteroatoms. The van der Waals surface area contributed by atoms with E-state index in [1.807, 2.05) is 12.1 Å². The molecule has 40 heavy (non-hydrogen) atoms. The number of benzene rings is 2. The third kappa shape index (κ3) is 10.6. The lowest BCUT2D eigenvalue weighted by molar-refractivity contribution is -0.192. The summed E-state index contributed by atoms with van der Waals surface area (Å²) < 4.78 is 70.0. The number of carbonyl (C=O) groups excluding carboxylic acids is 1. The minimum atomic E-state index is -5.08. The first-order valence-electron chi connectivity index (χ1n) is 12.3. The van der Waals surface area contributed by atoms with Crippen molar-refractivity contribution < 1.29 is 40.7 Å². The molecule has 0 bridgehead atoms. The standard InChI is InChI=1S/C24H31FN4O3S.C2HF3O2/c1-18-5-10-21(25)16-22(18)33(31,32)17-26-12-3-4-23(30)29(2)15-11-19-6-8-20(9-7-19)24-27-13-14-28-24;3-2(4,5)1(6)7/h5-10,16,26H,3-4,11-15,17H2,1-2H3,(H,27,28);(H,6,7). The highest BCUT2D eigenvalue weighted by Gasteiger charge is 2.38. The molecule has 0 radical (unpaired) electrons. The number of aliphatic carboxylic acids is 1. The molecule has 1 aliphatic rings. The van der Waals surface area contributed by atoms with Gasteiger partial charge < -0.3 is 20.6 Å². The van der Waals surface area contributed by atoms with E-state index in [-0.39, 0.29) is 16.7 Å². The first-order chi connectivity index (χ1) is 18.7. The van der Waals surface area contributed by atoms with Crippen LogP contribution in [0.15, 0.2) is 52.4 Å². The molecular weight excluding hydrogens is 556 g/mol. The minimum absolute atomic E-state index is 0.00802. The van der Waals surface area contributed by atoms with Crippen LogP contribution in [0.25, 0.3) is 0 Å². The van der Waals surface area contributed by atoms with Gasteiger partial charge in [-0.25, -0.2) is 17.6 Å². The molecule has 3 N–H and O–H groups in total. The Morgan fingerprint density at radius 3 is 2.38 bits per heavy atom. The number of carboxylic acids is 1. The van der Waals surface area contributed by atoms with Gasteiger partial charge in [0.15, 0.2) is 9.84 Å². The van der Waals surface area contributed by atoms with E-state index in [9.17, 15) is 30.8 Å². The van der Waals surface area contributed by atoms with Gasteiger partial charge in [0.2, 0.25) is 5.91 Å². The van der Waals surface area contributed by atoms with Crippen LogP contribution in [0.3, 0.4) is 0 Å². The molecule has 1 heterocycles. The van der Waals surface area contributed by atoms with E-state index in [1.54, 1.807) is 18.9 Å². The molecule has 1 amide bonds. The third-order valence-electron chi connectivity index (χ3n) is 5.83. The van der Waals surface area contributed by atoms with Gasteiger partial charge in [0.05, 0.1) is 11.4 Å². The second-order valence-corrected chi connectivity index (χ2v) is 11.0. The van der Waals surface area contributed by atoms with E-state index in [0.29, 0.717) is 31.5 Å². The van der Waals surface area contributed by atoms with Gasteiger partial charge in [-0.05, 0) is 49.6 Å². The highest BCUT2D eigenvalue weighted by Crippen LogP contribution is 2.17. The average Bonchev–Trinajstić information content (AvgIpc) is 3.43. The molecule has 0 saturated carbocycles. The van der Waals surface area contributed by atoms with E-state index in [2.05, 4.69) is 27.8 Å². The topological polar surface area (TPSA) is 128 Å². The largest absolute Gasteiger partial charge is 0.490 e. The van der Waals surface area contributed by atoms with Crippen molar-refractivity contribution in [3.05, 3.63) is 65.0 Å². The van der Waals surface area contributed by atoms with Crippen LogP contribution >= 0.6 is 0 Å². The van der Waals surface area contributed by atoms with Crippen LogP contribution in [0.5, 0.6) is 0 Å². The molecule has 0 saturated heterocycles. The fraction of sp³-hybridized carbons (Fsp3) is 0.423. The molecule has 2 aromatic carbocycles. The summed E-state index contributed by atoms with van der Waals surface area (Å²) in [6, 6.07) is 11.9. The monoisotopic (exact) mass is 588 g/mol. The summed E-state index contributed by atoms with van der Waals surface area (Å²) in [6.07, 6.45) is -3.48. The molecule has 0 fully saturated rings. The van der Waals surface area contributed by atoms with Crippen molar-refractivity contribution >= 4 is 27.5 Å². The van der Waals surface area contributed by atoms with Gasteiger partial charge >= 0.3 is 12.1 Å². The summed E-state index contributed by atoms with van der Waals surface area (Å²) in [4.78, 5) is 27.4. The van der Waals surface area contributed by atoms with Crippen LogP contribution in [-0.4, -0.2) is 81.4 Å². The summed E-state index contributed by atoms with van der Waals surface area (Å²) in [5.41, 5.74) is 2.73. The Balaban J connectivity index is 0.000000708. The fourth-order valence-electron chi connectivity index (χ4n) is 3.59. The summed E-state index contributed by atoms with van der Waals surface area (Å²) in [5, 5.41) is 13.2. The van der Waals surface area contributed by atoms with Gasteiger partial charge in [0.1, 0.15) is 17.5 Å². The molecule has 0 spiro atoms. The predicted molar refractivity (Wildman–Crippen MR) is 141 cm³/mol. The van der Waals surface area contributed by atoms with E-state index in [4.69, 9.17) is 9.90 Å². The number of carbonyl (C=O) groups is 2. The van der Waals surface area contributed by atoms with Crippen molar-refractivity contribution in [3.63, 3.8) is 0 Å². The number of hydrogen-bond donors (Lipinski definition) is 3. The summed E-state index contributed by atoms with van der Waals surface area (Å²) >= 11 is 0. The Hall–Kier alpha value is -3.52. The zero-order chi connectivity index (χ0) is 29.9. The van der Waals surface area contributed by atoms with Crippen LogP contribution in [0.2, 0.25) is 0 Å². The van der Waals surface area contributed by atoms with Crippen molar-refractivity contribution in [3.8, 4) is 0 Å². The van der Waals surface area contributed by atoms with Gasteiger partial charge in [-0.2, -0.15) is 13.2 Å². The summed E-state index contributed by atoms with van der Waals surface area (Å²) in [6.45, 7) is 4.31. The Labute approximate surface area is 230 Å². The molecule has 0 aromatic heterocycles. The Kier molecular flexibility index (Phi) is 12.1. The van der Waals surface area contributed by atoms with Gasteiger partial charge in [-0.15, -0.1) is 0 Å². The zero-order valence-electron chi connectivity index (χ0n) is 22.1. The highest BCUT2D eigenvalue weighted by molar-refractivity contribution is 7.91. The van der Waals surface area contributed by atoms with Gasteiger partial charge in [0, 0.05) is 32.1 Å². The minimum Gasteiger partial charge on any atom is -0.475 e. The number of amidine groups is 1. The number of aliphatic imine (C=N–C) groups is 1. The van der Waals surface area contributed by atoms with Gasteiger partial charge in [0.25, 0.3) is 0 Å². The Morgan fingerprint density at radius 2 is 1.80 bits per heavy atom. The normalized spacial score (nSPS) is 13.1. The first-order valence-corrected chi connectivity index (χ1v) is 14.0. The molecule has 9 nitrogen and oxygen atoms in total. The van der Waals surface area contributed by atoms with Crippen LogP contribution in [-0.2, 0) is 25.8 Å². The van der Waals surface area contributed by atoms with E-state index in [1.165, 1.54) is 12.1 Å². The first kappa shape index (κ1) is 32.7. The van der Waals surface area contributed by atoms with E-state index in [0.717, 1.165) is 42.5 Å². The quantitative estimate of drug-likeness (QED) is 0.272. The van der Waals surface area contributed by atoms with Crippen molar-refractivity contribution in [2.24, 2.45) is 4.99 Å². The molecule has 3 rings (SSSR count). The third-order valence-corrected chi connectivity index (χ3v) is 7.52. The number of alkyl halides is 3. The molecule has 2 aromatic rings. The Bertz CT molecular complexity index is 1300. The maximum absolute atomic E-state index is 13.4. The number of halogens is 4. The smallest absolute Gasteiger partial charge is 0.475 e. The fourth-order valence-corrected chi connectivity index (χ4v) is 5.01. The maximum Gasteiger partial charge on any atom is 0.490 e. The van der Waals surface area contributed by atoms with Crippen molar-refractivity contribution in [2.75, 3.05) is 39.1 Å². The number of likely N-dealkylation sites (N-methyl/N-ethyl adjacent to an activating group) is 1. The number of hydrogen-bond acceptors (Lipinski definition) is 7. The Morgan fingerprint density at radius 1 is 1.15 bits per heavy atom. The van der Waals surface area contributed by atoms with Gasteiger partial charge in [-0.1, -0.05) is 30.3 Å². The van der Waals surface area contributed by atoms with E-state index < -0.39 is 27.8 Å². The SMILES string of the molecule is Cc1ccc(F)cc1S(=O)(=O)CNCCCC(=O)N(C)CCc1ccc(C2=NCCN2)cc1.O=C(O)C(F)(F)F. The lowest BCUT2D eigenvalue weighted by atomic mass is 10.1. The van der Waals surface area contributed by atoms with Crippen LogP contribution in [0.1, 0.15) is 29.5 Å². The molecule has 0 unspecified atom stereocenters. The maximum atomic E-state index is 13.4. The number of rotatable bonds is 11. The molecular formula is C26H32F4N4O5S. The molecule has 220 valence electrons.